The van der Waals surface area contributed by atoms with Crippen molar-refractivity contribution >= 4 is 33.9 Å². The minimum Gasteiger partial charge on any atom is -0.493 e. The van der Waals surface area contributed by atoms with Crippen molar-refractivity contribution < 1.29 is 28.6 Å². The molecule has 164 valence electrons. The molecule has 2 N–H and O–H groups in total. The molecule has 3 aromatic carbocycles. The molecule has 0 unspecified atom stereocenters. The Hall–Kier alpha value is -3.65. The van der Waals surface area contributed by atoms with Gasteiger partial charge in [0, 0.05) is 11.1 Å². The molecule has 0 saturated carbocycles. The maximum absolute atomic E-state index is 13.9. The normalized spacial score (nSPS) is 11.0. The van der Waals surface area contributed by atoms with Crippen molar-refractivity contribution in [2.45, 2.75) is 6.61 Å². The van der Waals surface area contributed by atoms with Gasteiger partial charge in [0.1, 0.15) is 18.1 Å². The van der Waals surface area contributed by atoms with Gasteiger partial charge in [-0.25, -0.2) is 9.18 Å². The standard InChI is InChI=1S/C24H19BrFNO5/c1-31-21-13-15(11-18(25)22(21)32-14-17-9-5-6-10-19(17)26)12-20(24(29)30)27-23(28)16-7-3-2-4-8-16/h2-13H,14H2,1H3,(H,27,28)(H,29,30)/b20-12+. The number of carbonyl (C=O) groups is 2. The van der Waals surface area contributed by atoms with Crippen molar-refractivity contribution in [3.63, 3.8) is 0 Å². The quantitative estimate of drug-likeness (QED) is 0.424. The van der Waals surface area contributed by atoms with E-state index in [-0.39, 0.29) is 18.1 Å². The van der Waals surface area contributed by atoms with Crippen LogP contribution in [-0.2, 0) is 11.4 Å². The molecule has 6 nitrogen and oxygen atoms in total. The first-order valence-corrected chi connectivity index (χ1v) is 10.2. The summed E-state index contributed by atoms with van der Waals surface area (Å²) < 4.78 is 25.4. The number of amides is 1. The second-order valence-corrected chi connectivity index (χ2v) is 7.45. The number of benzene rings is 3. The van der Waals surface area contributed by atoms with Crippen LogP contribution in [0.4, 0.5) is 4.39 Å². The van der Waals surface area contributed by atoms with Crippen LogP contribution in [0.15, 0.2) is 76.9 Å². The van der Waals surface area contributed by atoms with Crippen LogP contribution in [0.2, 0.25) is 0 Å². The van der Waals surface area contributed by atoms with E-state index in [0.717, 1.165) is 0 Å². The van der Waals surface area contributed by atoms with E-state index in [1.54, 1.807) is 60.7 Å². The summed E-state index contributed by atoms with van der Waals surface area (Å²) >= 11 is 3.38. The summed E-state index contributed by atoms with van der Waals surface area (Å²) in [6, 6.07) is 17.7. The summed E-state index contributed by atoms with van der Waals surface area (Å²) in [4.78, 5) is 24.0. The average molecular weight is 500 g/mol. The number of rotatable bonds is 8. The van der Waals surface area contributed by atoms with E-state index in [0.29, 0.717) is 32.7 Å². The Bertz CT molecular complexity index is 1160. The number of halogens is 2. The summed E-state index contributed by atoms with van der Waals surface area (Å²) in [7, 11) is 1.43. The predicted molar refractivity (Wildman–Crippen MR) is 121 cm³/mol. The van der Waals surface area contributed by atoms with Gasteiger partial charge in [-0.15, -0.1) is 0 Å². The molecule has 0 spiro atoms. The highest BCUT2D eigenvalue weighted by molar-refractivity contribution is 9.10. The lowest BCUT2D eigenvalue weighted by Crippen LogP contribution is -2.27. The number of aliphatic carboxylic acids is 1. The fraction of sp³-hybridized carbons (Fsp3) is 0.0833. The number of ether oxygens (including phenoxy) is 2. The van der Waals surface area contributed by atoms with E-state index in [1.807, 2.05) is 0 Å². The number of nitrogens with one attached hydrogen (secondary N) is 1. The molecule has 0 fully saturated rings. The largest absolute Gasteiger partial charge is 0.493 e. The van der Waals surface area contributed by atoms with Gasteiger partial charge in [0.2, 0.25) is 0 Å². The summed E-state index contributed by atoms with van der Waals surface area (Å²) in [5, 5.41) is 11.9. The zero-order valence-electron chi connectivity index (χ0n) is 17.0. The Morgan fingerprint density at radius 1 is 1.09 bits per heavy atom. The first-order valence-electron chi connectivity index (χ1n) is 9.44. The first-order chi connectivity index (χ1) is 15.4. The number of methoxy groups -OCH3 is 1. The van der Waals surface area contributed by atoms with Crippen molar-refractivity contribution in [2.24, 2.45) is 0 Å². The molecule has 1 amide bonds. The topological polar surface area (TPSA) is 84.9 Å². The Kier molecular flexibility index (Phi) is 7.62. The van der Waals surface area contributed by atoms with Gasteiger partial charge in [-0.3, -0.25) is 4.79 Å². The molecule has 3 aromatic rings. The molecular weight excluding hydrogens is 481 g/mol. The summed E-state index contributed by atoms with van der Waals surface area (Å²) in [5.41, 5.74) is 0.836. The van der Waals surface area contributed by atoms with E-state index in [2.05, 4.69) is 21.2 Å². The van der Waals surface area contributed by atoms with E-state index >= 15 is 0 Å². The second kappa shape index (κ2) is 10.6. The van der Waals surface area contributed by atoms with Crippen LogP contribution in [0.5, 0.6) is 11.5 Å². The Labute approximate surface area is 192 Å². The molecule has 8 heteroatoms. The van der Waals surface area contributed by atoms with Gasteiger partial charge in [-0.05, 0) is 57.9 Å². The highest BCUT2D eigenvalue weighted by Crippen LogP contribution is 2.37. The third-order valence-corrected chi connectivity index (χ3v) is 5.00. The molecule has 0 aromatic heterocycles. The second-order valence-electron chi connectivity index (χ2n) is 6.60. The van der Waals surface area contributed by atoms with E-state index in [1.165, 1.54) is 19.3 Å². The smallest absolute Gasteiger partial charge is 0.352 e. The Balaban J connectivity index is 1.85. The van der Waals surface area contributed by atoms with Crippen LogP contribution < -0.4 is 14.8 Å². The summed E-state index contributed by atoms with van der Waals surface area (Å²) in [6.45, 7) is -0.0235. The average Bonchev–Trinajstić information content (AvgIpc) is 2.79. The molecule has 0 radical (unpaired) electrons. The highest BCUT2D eigenvalue weighted by atomic mass is 79.9. The third kappa shape index (κ3) is 5.73. The van der Waals surface area contributed by atoms with Crippen molar-refractivity contribution in [2.75, 3.05) is 7.11 Å². The number of carboxylic acid groups (broad SMARTS) is 1. The molecule has 3 rings (SSSR count). The molecule has 0 aliphatic rings. The first kappa shape index (κ1) is 23.0. The van der Waals surface area contributed by atoms with Crippen molar-refractivity contribution in [3.8, 4) is 11.5 Å². The van der Waals surface area contributed by atoms with Crippen LogP contribution >= 0.6 is 15.9 Å². The molecule has 0 bridgehead atoms. The molecule has 0 aliphatic carbocycles. The van der Waals surface area contributed by atoms with Crippen molar-refractivity contribution in [3.05, 3.63) is 99.4 Å². The summed E-state index contributed by atoms with van der Waals surface area (Å²) in [5.74, 6) is -1.60. The predicted octanol–water partition coefficient (Wildman–Crippen LogP) is 5.03. The van der Waals surface area contributed by atoms with Gasteiger partial charge in [0.25, 0.3) is 5.91 Å². The molecule has 0 atom stereocenters. The number of carboxylic acids is 1. The van der Waals surface area contributed by atoms with Crippen LogP contribution in [0.25, 0.3) is 6.08 Å². The van der Waals surface area contributed by atoms with Gasteiger partial charge >= 0.3 is 5.97 Å². The lowest BCUT2D eigenvalue weighted by Gasteiger charge is -2.14. The lowest BCUT2D eigenvalue weighted by atomic mass is 10.1. The summed E-state index contributed by atoms with van der Waals surface area (Å²) in [6.07, 6.45) is 1.30. The third-order valence-electron chi connectivity index (χ3n) is 4.41. The number of hydrogen-bond donors (Lipinski definition) is 2. The fourth-order valence-electron chi connectivity index (χ4n) is 2.83. The number of hydrogen-bond acceptors (Lipinski definition) is 4. The van der Waals surface area contributed by atoms with Gasteiger partial charge in [0.15, 0.2) is 11.5 Å². The van der Waals surface area contributed by atoms with Crippen LogP contribution in [0, 0.1) is 5.82 Å². The fourth-order valence-corrected chi connectivity index (χ4v) is 3.40. The van der Waals surface area contributed by atoms with Crippen molar-refractivity contribution in [1.82, 2.24) is 5.32 Å². The molecule has 32 heavy (non-hydrogen) atoms. The maximum Gasteiger partial charge on any atom is 0.352 e. The minimum absolute atomic E-state index is 0.0235. The van der Waals surface area contributed by atoms with Gasteiger partial charge in [-0.1, -0.05) is 36.4 Å². The highest BCUT2D eigenvalue weighted by Gasteiger charge is 2.16. The Morgan fingerprint density at radius 2 is 1.78 bits per heavy atom. The van der Waals surface area contributed by atoms with E-state index in [9.17, 15) is 19.1 Å². The van der Waals surface area contributed by atoms with Crippen LogP contribution in [0.1, 0.15) is 21.5 Å². The minimum atomic E-state index is -1.30. The lowest BCUT2D eigenvalue weighted by molar-refractivity contribution is -0.132. The van der Waals surface area contributed by atoms with Crippen molar-refractivity contribution in [1.29, 1.82) is 0 Å². The molecule has 0 saturated heterocycles. The molecule has 0 aliphatic heterocycles. The molecular formula is C24H19BrFNO5. The van der Waals surface area contributed by atoms with Gasteiger partial charge < -0.3 is 19.9 Å². The monoisotopic (exact) mass is 499 g/mol. The SMILES string of the molecule is COc1cc(/C=C(/NC(=O)c2ccccc2)C(=O)O)cc(Br)c1OCc1ccccc1F. The van der Waals surface area contributed by atoms with E-state index in [4.69, 9.17) is 9.47 Å². The number of carbonyl (C=O) groups excluding carboxylic acids is 1. The van der Waals surface area contributed by atoms with E-state index < -0.39 is 11.9 Å². The van der Waals surface area contributed by atoms with Crippen LogP contribution in [-0.4, -0.2) is 24.1 Å². The van der Waals surface area contributed by atoms with Gasteiger partial charge in [-0.2, -0.15) is 0 Å². The molecule has 0 heterocycles. The zero-order valence-corrected chi connectivity index (χ0v) is 18.6. The Morgan fingerprint density at radius 3 is 2.44 bits per heavy atom. The zero-order chi connectivity index (χ0) is 23.1. The maximum atomic E-state index is 13.9. The van der Waals surface area contributed by atoms with Gasteiger partial charge in [0.05, 0.1) is 11.6 Å². The van der Waals surface area contributed by atoms with Crippen LogP contribution in [0.3, 0.4) is 0 Å².